The van der Waals surface area contributed by atoms with Gasteiger partial charge >= 0.3 is 0 Å². The molecule has 2 aromatic rings. The minimum Gasteiger partial charge on any atom is -0.491 e. The molecule has 1 amide bonds. The molecule has 1 heterocycles. The Bertz CT molecular complexity index is 950. The maximum atomic E-state index is 13.3. The van der Waals surface area contributed by atoms with E-state index in [-0.39, 0.29) is 17.8 Å². The average molecular weight is 389 g/mol. The first-order valence-electron chi connectivity index (χ1n) is 8.52. The molecule has 0 radical (unpaired) electrons. The Balaban J connectivity index is 1.93. The van der Waals surface area contributed by atoms with Gasteiger partial charge in [-0.05, 0) is 68.5 Å². The quantitative estimate of drug-likeness (QED) is 0.784. The molecular weight excluding hydrogens is 369 g/mol. The lowest BCUT2D eigenvalue weighted by atomic mass is 10.1. The zero-order chi connectivity index (χ0) is 19.6. The molecule has 0 unspecified atom stereocenters. The summed E-state index contributed by atoms with van der Waals surface area (Å²) in [7, 11) is -3.36. The number of anilines is 1. The van der Waals surface area contributed by atoms with E-state index in [4.69, 9.17) is 4.74 Å². The number of rotatable bonds is 5. The summed E-state index contributed by atoms with van der Waals surface area (Å²) in [5.74, 6) is -0.372. The number of halogens is 1. The number of carbonyl (C=O) groups is 1. The fraction of sp³-hybridized carbons (Fsp3) is 0.250. The molecule has 0 bridgehead atoms. The van der Waals surface area contributed by atoms with Crippen LogP contribution >= 0.6 is 0 Å². The van der Waals surface area contributed by atoms with E-state index in [0.29, 0.717) is 17.0 Å². The zero-order valence-electron chi connectivity index (χ0n) is 15.0. The number of benzene rings is 2. The molecule has 0 spiro atoms. The highest BCUT2D eigenvalue weighted by atomic mass is 32.2. The number of amides is 1. The van der Waals surface area contributed by atoms with Crippen molar-refractivity contribution in [1.29, 1.82) is 0 Å². The van der Waals surface area contributed by atoms with Crippen LogP contribution in [0.1, 0.15) is 24.2 Å². The summed E-state index contributed by atoms with van der Waals surface area (Å²) in [5.41, 5.74) is 0.809. The molecule has 0 aromatic heterocycles. The van der Waals surface area contributed by atoms with Crippen molar-refractivity contribution >= 4 is 21.4 Å². The molecule has 7 heteroatoms. The lowest BCUT2D eigenvalue weighted by Gasteiger charge is -2.28. The van der Waals surface area contributed by atoms with Gasteiger partial charge in [-0.25, -0.2) is 12.8 Å². The van der Waals surface area contributed by atoms with Crippen LogP contribution in [0.4, 0.5) is 10.1 Å². The Labute approximate surface area is 158 Å². The van der Waals surface area contributed by atoms with Gasteiger partial charge in [0.1, 0.15) is 11.6 Å². The van der Waals surface area contributed by atoms with Crippen LogP contribution in [-0.2, 0) is 9.84 Å². The molecule has 27 heavy (non-hydrogen) atoms. The van der Waals surface area contributed by atoms with Crippen molar-refractivity contribution in [2.75, 3.05) is 10.7 Å². The third kappa shape index (κ3) is 4.54. The third-order valence-corrected chi connectivity index (χ3v) is 5.42. The summed E-state index contributed by atoms with van der Waals surface area (Å²) < 4.78 is 42.5. The van der Waals surface area contributed by atoms with Gasteiger partial charge in [-0.2, -0.15) is 0 Å². The van der Waals surface area contributed by atoms with E-state index in [1.165, 1.54) is 35.2 Å². The maximum Gasteiger partial charge on any atom is 0.258 e. The van der Waals surface area contributed by atoms with Crippen molar-refractivity contribution in [2.45, 2.75) is 26.0 Å². The van der Waals surface area contributed by atoms with E-state index in [9.17, 15) is 17.6 Å². The molecule has 5 nitrogen and oxygen atoms in total. The third-order valence-electron chi connectivity index (χ3n) is 4.04. The molecule has 0 aliphatic carbocycles. The van der Waals surface area contributed by atoms with Crippen molar-refractivity contribution in [1.82, 2.24) is 0 Å². The molecule has 3 rings (SSSR count). The fourth-order valence-corrected chi connectivity index (χ4v) is 4.14. The van der Waals surface area contributed by atoms with Gasteiger partial charge in [-0.15, -0.1) is 0 Å². The van der Waals surface area contributed by atoms with Gasteiger partial charge in [0.2, 0.25) is 0 Å². The van der Waals surface area contributed by atoms with Crippen LogP contribution in [0, 0.1) is 5.82 Å². The van der Waals surface area contributed by atoms with Crippen LogP contribution in [0.25, 0.3) is 0 Å². The second kappa shape index (κ2) is 7.52. The summed E-state index contributed by atoms with van der Waals surface area (Å²) in [6.45, 7) is 3.81. The van der Waals surface area contributed by atoms with Crippen molar-refractivity contribution in [3.05, 3.63) is 71.4 Å². The second-order valence-corrected chi connectivity index (χ2v) is 8.50. The van der Waals surface area contributed by atoms with Crippen molar-refractivity contribution in [3.8, 4) is 5.75 Å². The van der Waals surface area contributed by atoms with Gasteiger partial charge in [0.25, 0.3) is 5.91 Å². The van der Waals surface area contributed by atoms with Crippen LogP contribution in [0.2, 0.25) is 0 Å². The normalized spacial score (nSPS) is 17.9. The van der Waals surface area contributed by atoms with E-state index in [1.807, 2.05) is 13.8 Å². The zero-order valence-corrected chi connectivity index (χ0v) is 15.8. The number of sulfone groups is 1. The van der Waals surface area contributed by atoms with Crippen LogP contribution in [0.3, 0.4) is 0 Å². The van der Waals surface area contributed by atoms with Crippen molar-refractivity contribution in [2.24, 2.45) is 0 Å². The lowest BCUT2D eigenvalue weighted by Crippen LogP contribution is -2.41. The Morgan fingerprint density at radius 3 is 2.26 bits per heavy atom. The Morgan fingerprint density at radius 2 is 1.74 bits per heavy atom. The molecular formula is C20H20FNO4S. The van der Waals surface area contributed by atoms with Gasteiger partial charge < -0.3 is 9.64 Å². The van der Waals surface area contributed by atoms with Crippen LogP contribution in [0.5, 0.6) is 5.75 Å². The highest BCUT2D eigenvalue weighted by Crippen LogP contribution is 2.26. The molecule has 2 aromatic carbocycles. The molecule has 0 N–H and O–H groups in total. The minimum absolute atomic E-state index is 0.0103. The van der Waals surface area contributed by atoms with E-state index < -0.39 is 21.7 Å². The lowest BCUT2D eigenvalue weighted by molar-refractivity contribution is 0.0983. The van der Waals surface area contributed by atoms with Crippen LogP contribution < -0.4 is 9.64 Å². The Morgan fingerprint density at radius 1 is 1.11 bits per heavy atom. The summed E-state index contributed by atoms with van der Waals surface area (Å²) in [4.78, 5) is 14.5. The SMILES string of the molecule is CC(C)Oc1ccc(C(=O)N(c2ccc(F)cc2)[C@@H]2C=CS(=O)(=O)C2)cc1. The van der Waals surface area contributed by atoms with Gasteiger partial charge in [-0.3, -0.25) is 4.79 Å². The Hall–Kier alpha value is -2.67. The van der Waals surface area contributed by atoms with Crippen LogP contribution in [0.15, 0.2) is 60.0 Å². The molecule has 0 fully saturated rings. The molecule has 1 aliphatic rings. The molecule has 0 saturated heterocycles. The smallest absolute Gasteiger partial charge is 0.258 e. The predicted octanol–water partition coefficient (Wildman–Crippen LogP) is 3.57. The summed E-state index contributed by atoms with van der Waals surface area (Å²) in [6.07, 6.45) is 1.49. The molecule has 1 aliphatic heterocycles. The number of carbonyl (C=O) groups excluding carboxylic acids is 1. The van der Waals surface area contributed by atoms with E-state index in [2.05, 4.69) is 0 Å². The molecule has 0 saturated carbocycles. The van der Waals surface area contributed by atoms with E-state index in [1.54, 1.807) is 24.3 Å². The van der Waals surface area contributed by atoms with Gasteiger partial charge in [0.15, 0.2) is 9.84 Å². The predicted molar refractivity (Wildman–Crippen MR) is 102 cm³/mol. The largest absolute Gasteiger partial charge is 0.491 e. The highest BCUT2D eigenvalue weighted by Gasteiger charge is 2.32. The monoisotopic (exact) mass is 389 g/mol. The first kappa shape index (κ1) is 19.1. The summed E-state index contributed by atoms with van der Waals surface area (Å²) in [6, 6.07) is 11.4. The number of nitrogens with zero attached hydrogens (tertiary/aromatic N) is 1. The number of hydrogen-bond donors (Lipinski definition) is 0. The minimum atomic E-state index is -3.36. The van der Waals surface area contributed by atoms with Crippen molar-refractivity contribution < 1.29 is 22.3 Å². The topological polar surface area (TPSA) is 63.7 Å². The first-order chi connectivity index (χ1) is 12.7. The van der Waals surface area contributed by atoms with Gasteiger partial charge in [0, 0.05) is 16.7 Å². The Kier molecular flexibility index (Phi) is 5.32. The van der Waals surface area contributed by atoms with Gasteiger partial charge in [-0.1, -0.05) is 0 Å². The summed E-state index contributed by atoms with van der Waals surface area (Å²) in [5, 5.41) is 1.11. The summed E-state index contributed by atoms with van der Waals surface area (Å²) >= 11 is 0. The second-order valence-electron chi connectivity index (χ2n) is 6.57. The van der Waals surface area contributed by atoms with Gasteiger partial charge in [0.05, 0.1) is 17.9 Å². The van der Waals surface area contributed by atoms with Crippen LogP contribution in [-0.4, -0.2) is 32.2 Å². The standard InChI is InChI=1S/C20H20FNO4S/c1-14(2)26-19-9-3-15(4-10-19)20(23)22(17-7-5-16(21)6-8-17)18-11-12-27(24,25)13-18/h3-12,14,18H,13H2,1-2H3/t18-/m1/s1. The molecule has 142 valence electrons. The van der Waals surface area contributed by atoms with E-state index in [0.717, 1.165) is 5.41 Å². The fourth-order valence-electron chi connectivity index (χ4n) is 2.87. The number of hydrogen-bond acceptors (Lipinski definition) is 4. The number of ether oxygens (including phenoxy) is 1. The first-order valence-corrected chi connectivity index (χ1v) is 10.2. The van der Waals surface area contributed by atoms with E-state index >= 15 is 0 Å². The highest BCUT2D eigenvalue weighted by molar-refractivity contribution is 7.94. The maximum absolute atomic E-state index is 13.3. The molecule has 1 atom stereocenters. The van der Waals surface area contributed by atoms with Crippen molar-refractivity contribution in [3.63, 3.8) is 0 Å². The average Bonchev–Trinajstić information content (AvgIpc) is 2.96.